The van der Waals surface area contributed by atoms with Gasteiger partial charge in [0.2, 0.25) is 0 Å². The lowest BCUT2D eigenvalue weighted by Crippen LogP contribution is -2.23. The zero-order valence-electron chi connectivity index (χ0n) is 18.0. The number of ether oxygens (including phenoxy) is 2. The number of nitro benzene ring substituents is 2. The van der Waals surface area contributed by atoms with Crippen LogP contribution >= 0.6 is 0 Å². The molecule has 0 saturated carbocycles. The van der Waals surface area contributed by atoms with Gasteiger partial charge in [0.1, 0.15) is 6.10 Å². The van der Waals surface area contributed by atoms with E-state index in [-0.39, 0.29) is 29.1 Å². The zero-order valence-corrected chi connectivity index (χ0v) is 18.0. The summed E-state index contributed by atoms with van der Waals surface area (Å²) in [6.07, 6.45) is -0.770. The third-order valence-electron chi connectivity index (χ3n) is 4.98. The van der Waals surface area contributed by atoms with Crippen LogP contribution < -0.4 is 0 Å². The quantitative estimate of drug-likeness (QED) is 0.248. The molecule has 174 valence electrons. The third kappa shape index (κ3) is 6.00. The molecule has 3 rings (SSSR count). The van der Waals surface area contributed by atoms with Gasteiger partial charge in [-0.25, -0.2) is 9.59 Å². The Hall–Kier alpha value is -4.60. The molecule has 0 aromatic heterocycles. The molecule has 10 heteroatoms. The van der Waals surface area contributed by atoms with Crippen molar-refractivity contribution in [1.29, 1.82) is 0 Å². The Kier molecular flexibility index (Phi) is 7.65. The summed E-state index contributed by atoms with van der Waals surface area (Å²) in [4.78, 5) is 45.5. The Morgan fingerprint density at radius 3 is 1.71 bits per heavy atom. The second kappa shape index (κ2) is 10.8. The number of hydrogen-bond donors (Lipinski definition) is 0. The van der Waals surface area contributed by atoms with Gasteiger partial charge in [-0.3, -0.25) is 20.2 Å². The van der Waals surface area contributed by atoms with E-state index in [0.717, 1.165) is 0 Å². The van der Waals surface area contributed by atoms with E-state index in [4.69, 9.17) is 9.47 Å². The van der Waals surface area contributed by atoms with E-state index in [0.29, 0.717) is 5.56 Å². The van der Waals surface area contributed by atoms with E-state index in [2.05, 4.69) is 0 Å². The normalized spacial score (nSPS) is 12.3. The van der Waals surface area contributed by atoms with E-state index >= 15 is 0 Å². The van der Waals surface area contributed by atoms with Crippen molar-refractivity contribution in [2.24, 2.45) is 5.92 Å². The Morgan fingerprint density at radius 1 is 0.765 bits per heavy atom. The SMILES string of the molecule is C[C@@H](COC(=O)c1ccc([N+](=O)[O-])cc1)[C@@H](OC(=O)c1ccc([N+](=O)[O-])cc1)c1ccccc1. The molecule has 3 aromatic rings. The van der Waals surface area contributed by atoms with Crippen molar-refractivity contribution in [2.75, 3.05) is 6.61 Å². The third-order valence-corrected chi connectivity index (χ3v) is 4.98. The molecule has 10 nitrogen and oxygen atoms in total. The molecular formula is C24H20N2O8. The summed E-state index contributed by atoms with van der Waals surface area (Å²) in [6.45, 7) is 1.65. The van der Waals surface area contributed by atoms with Crippen LogP contribution in [0.5, 0.6) is 0 Å². The molecule has 3 aromatic carbocycles. The molecule has 2 atom stereocenters. The van der Waals surface area contributed by atoms with E-state index in [1.807, 2.05) is 0 Å². The molecule has 0 amide bonds. The van der Waals surface area contributed by atoms with Crippen molar-refractivity contribution in [1.82, 2.24) is 0 Å². The molecule has 0 heterocycles. The van der Waals surface area contributed by atoms with Gasteiger partial charge in [0.15, 0.2) is 0 Å². The van der Waals surface area contributed by atoms with Gasteiger partial charge < -0.3 is 9.47 Å². The number of benzene rings is 3. The van der Waals surface area contributed by atoms with Crippen LogP contribution in [-0.2, 0) is 9.47 Å². The van der Waals surface area contributed by atoms with Crippen molar-refractivity contribution in [2.45, 2.75) is 13.0 Å². The summed E-state index contributed by atoms with van der Waals surface area (Å²) in [5.74, 6) is -1.81. The summed E-state index contributed by atoms with van der Waals surface area (Å²) >= 11 is 0. The number of nitrogens with zero attached hydrogens (tertiary/aromatic N) is 2. The van der Waals surface area contributed by atoms with Crippen LogP contribution in [0.2, 0.25) is 0 Å². The average molecular weight is 464 g/mol. The molecule has 0 unspecified atom stereocenters. The van der Waals surface area contributed by atoms with Crippen LogP contribution in [0.4, 0.5) is 11.4 Å². The van der Waals surface area contributed by atoms with Gasteiger partial charge in [-0.15, -0.1) is 0 Å². The minimum absolute atomic E-state index is 0.0943. The van der Waals surface area contributed by atoms with E-state index < -0.39 is 33.8 Å². The molecule has 0 fully saturated rings. The summed E-state index contributed by atoms with van der Waals surface area (Å²) in [6, 6.07) is 18.9. The number of hydrogen-bond acceptors (Lipinski definition) is 8. The van der Waals surface area contributed by atoms with Crippen LogP contribution in [-0.4, -0.2) is 28.4 Å². The van der Waals surface area contributed by atoms with Crippen LogP contribution in [0.15, 0.2) is 78.9 Å². The van der Waals surface area contributed by atoms with Crippen molar-refractivity contribution in [3.63, 3.8) is 0 Å². The number of carbonyl (C=O) groups excluding carboxylic acids is 2. The predicted octanol–water partition coefficient (Wildman–Crippen LogP) is 4.89. The Labute approximate surface area is 194 Å². The minimum Gasteiger partial charge on any atom is -0.462 e. The molecular weight excluding hydrogens is 444 g/mol. The molecule has 0 aliphatic heterocycles. The maximum atomic E-state index is 12.7. The standard InChI is InChI=1S/C24H20N2O8/c1-16(15-33-23(27)18-7-11-20(12-8-18)25(29)30)22(17-5-3-2-4-6-17)34-24(28)19-9-13-21(14-10-19)26(31)32/h2-14,16,22H,15H2,1H3/t16-,22+/m0/s1. The van der Waals surface area contributed by atoms with Gasteiger partial charge in [0, 0.05) is 30.2 Å². The van der Waals surface area contributed by atoms with Crippen molar-refractivity contribution < 1.29 is 28.9 Å². The predicted molar refractivity (Wildman–Crippen MR) is 120 cm³/mol. The highest BCUT2D eigenvalue weighted by molar-refractivity contribution is 5.90. The second-order valence-electron chi connectivity index (χ2n) is 7.42. The summed E-state index contributed by atoms with van der Waals surface area (Å²) < 4.78 is 11.0. The largest absolute Gasteiger partial charge is 0.462 e. The van der Waals surface area contributed by atoms with Crippen LogP contribution in [0.25, 0.3) is 0 Å². The molecule has 0 aliphatic carbocycles. The van der Waals surface area contributed by atoms with Crippen LogP contribution in [0, 0.1) is 26.1 Å². The topological polar surface area (TPSA) is 139 Å². The number of rotatable bonds is 9. The fourth-order valence-electron chi connectivity index (χ4n) is 3.16. The van der Waals surface area contributed by atoms with Gasteiger partial charge in [0.25, 0.3) is 11.4 Å². The van der Waals surface area contributed by atoms with E-state index in [1.165, 1.54) is 48.5 Å². The Balaban J connectivity index is 1.71. The molecule has 34 heavy (non-hydrogen) atoms. The summed E-state index contributed by atoms with van der Waals surface area (Å²) in [5.41, 5.74) is 0.671. The van der Waals surface area contributed by atoms with Gasteiger partial charge in [0.05, 0.1) is 27.6 Å². The fourth-order valence-corrected chi connectivity index (χ4v) is 3.16. The van der Waals surface area contributed by atoms with E-state index in [9.17, 15) is 29.8 Å². The maximum Gasteiger partial charge on any atom is 0.338 e. The smallest absolute Gasteiger partial charge is 0.338 e. The summed E-state index contributed by atoms with van der Waals surface area (Å²) in [5, 5.41) is 21.6. The Morgan fingerprint density at radius 2 is 1.24 bits per heavy atom. The number of nitro groups is 2. The molecule has 0 bridgehead atoms. The second-order valence-corrected chi connectivity index (χ2v) is 7.42. The van der Waals surface area contributed by atoms with Crippen LogP contribution in [0.3, 0.4) is 0 Å². The highest BCUT2D eigenvalue weighted by atomic mass is 16.6. The Bertz CT molecular complexity index is 1180. The lowest BCUT2D eigenvalue weighted by atomic mass is 9.97. The van der Waals surface area contributed by atoms with Gasteiger partial charge >= 0.3 is 11.9 Å². The average Bonchev–Trinajstić information content (AvgIpc) is 2.86. The van der Waals surface area contributed by atoms with Crippen molar-refractivity contribution in [3.8, 4) is 0 Å². The molecule has 0 radical (unpaired) electrons. The first kappa shape index (κ1) is 24.1. The van der Waals surface area contributed by atoms with Crippen LogP contribution in [0.1, 0.15) is 39.3 Å². The first-order valence-electron chi connectivity index (χ1n) is 10.2. The van der Waals surface area contributed by atoms with Gasteiger partial charge in [-0.2, -0.15) is 0 Å². The summed E-state index contributed by atoms with van der Waals surface area (Å²) in [7, 11) is 0. The fraction of sp³-hybridized carbons (Fsp3) is 0.167. The molecule has 0 spiro atoms. The lowest BCUT2D eigenvalue weighted by molar-refractivity contribution is -0.385. The first-order valence-corrected chi connectivity index (χ1v) is 10.2. The molecule has 0 saturated heterocycles. The number of esters is 2. The zero-order chi connectivity index (χ0) is 24.7. The molecule has 0 N–H and O–H groups in total. The minimum atomic E-state index is -0.770. The molecule has 0 aliphatic rings. The maximum absolute atomic E-state index is 12.7. The highest BCUT2D eigenvalue weighted by Crippen LogP contribution is 2.28. The number of carbonyl (C=O) groups is 2. The lowest BCUT2D eigenvalue weighted by Gasteiger charge is -2.24. The van der Waals surface area contributed by atoms with Crippen molar-refractivity contribution in [3.05, 3.63) is 116 Å². The van der Waals surface area contributed by atoms with Gasteiger partial charge in [-0.1, -0.05) is 37.3 Å². The van der Waals surface area contributed by atoms with E-state index in [1.54, 1.807) is 37.3 Å². The van der Waals surface area contributed by atoms with Crippen molar-refractivity contribution >= 4 is 23.3 Å². The monoisotopic (exact) mass is 464 g/mol. The first-order chi connectivity index (χ1) is 16.3. The number of non-ortho nitro benzene ring substituents is 2. The van der Waals surface area contributed by atoms with Gasteiger partial charge in [-0.05, 0) is 29.8 Å². The highest BCUT2D eigenvalue weighted by Gasteiger charge is 2.26.